The van der Waals surface area contributed by atoms with Crippen molar-refractivity contribution in [3.63, 3.8) is 0 Å². The summed E-state index contributed by atoms with van der Waals surface area (Å²) in [5, 5.41) is 10.4. The second-order valence-corrected chi connectivity index (χ2v) is 5.71. The van der Waals surface area contributed by atoms with Crippen molar-refractivity contribution in [3.8, 4) is 22.5 Å². The maximum absolute atomic E-state index is 13.2. The van der Waals surface area contributed by atoms with E-state index in [4.69, 9.17) is 0 Å². The fourth-order valence-electron chi connectivity index (χ4n) is 2.80. The smallest absolute Gasteiger partial charge is 0.354 e. The Morgan fingerprint density at radius 2 is 1.72 bits per heavy atom. The number of H-pyrrole nitrogens is 1. The molecule has 25 heavy (non-hydrogen) atoms. The van der Waals surface area contributed by atoms with Gasteiger partial charge < -0.3 is 10.1 Å². The lowest BCUT2D eigenvalue weighted by atomic mass is 10.0. The van der Waals surface area contributed by atoms with Crippen LogP contribution in [0.2, 0.25) is 0 Å². The standard InChI is InChI=1S/C20H13FN2O2/c21-15-7-5-12(6-8-15)14-10-18(23-19(11-14)20(24)25)17-9-13-3-1-2-4-16(13)22-17/h1-11,22H,(H,24,25). The molecule has 0 aliphatic rings. The summed E-state index contributed by atoms with van der Waals surface area (Å²) in [6.07, 6.45) is 0. The number of aromatic nitrogens is 2. The number of benzene rings is 2. The molecule has 2 aromatic heterocycles. The molecule has 4 nitrogen and oxygen atoms in total. The lowest BCUT2D eigenvalue weighted by molar-refractivity contribution is 0.0690. The molecule has 4 aromatic rings. The molecular weight excluding hydrogens is 319 g/mol. The Labute approximate surface area is 142 Å². The highest BCUT2D eigenvalue weighted by Gasteiger charge is 2.13. The van der Waals surface area contributed by atoms with Crippen LogP contribution in [0.3, 0.4) is 0 Å². The summed E-state index contributed by atoms with van der Waals surface area (Å²) in [6.45, 7) is 0. The molecule has 2 heterocycles. The Balaban J connectivity index is 1.89. The van der Waals surface area contributed by atoms with E-state index in [0.29, 0.717) is 11.3 Å². The Hall–Kier alpha value is -3.47. The fraction of sp³-hybridized carbons (Fsp3) is 0. The number of fused-ring (bicyclic) bond motifs is 1. The number of aromatic amines is 1. The minimum absolute atomic E-state index is 0.0597. The summed E-state index contributed by atoms with van der Waals surface area (Å²) < 4.78 is 13.2. The number of rotatable bonds is 3. The van der Waals surface area contributed by atoms with Gasteiger partial charge in [0.05, 0.1) is 11.4 Å². The summed E-state index contributed by atoms with van der Waals surface area (Å²) in [6, 6.07) is 18.9. The van der Waals surface area contributed by atoms with Crippen molar-refractivity contribution in [3.05, 3.63) is 78.2 Å². The van der Waals surface area contributed by atoms with Gasteiger partial charge in [0, 0.05) is 10.9 Å². The normalized spacial score (nSPS) is 10.9. The van der Waals surface area contributed by atoms with Crippen LogP contribution in [0.25, 0.3) is 33.4 Å². The number of hydrogen-bond donors (Lipinski definition) is 2. The molecule has 0 fully saturated rings. The number of nitrogens with zero attached hydrogens (tertiary/aromatic N) is 1. The van der Waals surface area contributed by atoms with Gasteiger partial charge >= 0.3 is 5.97 Å². The van der Waals surface area contributed by atoms with E-state index < -0.39 is 5.97 Å². The topological polar surface area (TPSA) is 66.0 Å². The lowest BCUT2D eigenvalue weighted by Gasteiger charge is -2.06. The number of halogens is 1. The Bertz CT molecular complexity index is 1050. The number of pyridine rings is 1. The number of para-hydroxylation sites is 1. The number of carboxylic acid groups (broad SMARTS) is 1. The van der Waals surface area contributed by atoms with Crippen molar-refractivity contribution < 1.29 is 14.3 Å². The van der Waals surface area contributed by atoms with Crippen LogP contribution in [0.1, 0.15) is 10.5 Å². The number of nitrogens with one attached hydrogen (secondary N) is 1. The van der Waals surface area contributed by atoms with Crippen LogP contribution in [0.4, 0.5) is 4.39 Å². The molecule has 0 saturated heterocycles. The third-order valence-electron chi connectivity index (χ3n) is 4.03. The van der Waals surface area contributed by atoms with Crippen LogP contribution >= 0.6 is 0 Å². The van der Waals surface area contributed by atoms with Crippen molar-refractivity contribution in [2.45, 2.75) is 0 Å². The van der Waals surface area contributed by atoms with E-state index in [1.54, 1.807) is 18.2 Å². The van der Waals surface area contributed by atoms with Crippen molar-refractivity contribution in [2.24, 2.45) is 0 Å². The van der Waals surface area contributed by atoms with Gasteiger partial charge in [-0.2, -0.15) is 0 Å². The van der Waals surface area contributed by atoms with Gasteiger partial charge in [0.15, 0.2) is 0 Å². The van der Waals surface area contributed by atoms with Crippen molar-refractivity contribution >= 4 is 16.9 Å². The molecule has 5 heteroatoms. The molecule has 2 aromatic carbocycles. The van der Waals surface area contributed by atoms with Gasteiger partial charge in [0.2, 0.25) is 0 Å². The SMILES string of the molecule is O=C(O)c1cc(-c2ccc(F)cc2)cc(-c2cc3ccccc3[nH]2)n1. The van der Waals surface area contributed by atoms with Gasteiger partial charge in [-0.1, -0.05) is 30.3 Å². The second kappa shape index (κ2) is 5.87. The van der Waals surface area contributed by atoms with Gasteiger partial charge in [-0.15, -0.1) is 0 Å². The van der Waals surface area contributed by atoms with Crippen molar-refractivity contribution in [2.75, 3.05) is 0 Å². The van der Waals surface area contributed by atoms with Crippen LogP contribution in [0.5, 0.6) is 0 Å². The summed E-state index contributed by atoms with van der Waals surface area (Å²) in [5.74, 6) is -1.45. The molecule has 0 bridgehead atoms. The van der Waals surface area contributed by atoms with E-state index in [0.717, 1.165) is 22.2 Å². The van der Waals surface area contributed by atoms with Gasteiger partial charge in [-0.25, -0.2) is 14.2 Å². The number of carboxylic acids is 1. The van der Waals surface area contributed by atoms with Gasteiger partial charge in [-0.05, 0) is 47.5 Å². The van der Waals surface area contributed by atoms with Gasteiger partial charge in [-0.3, -0.25) is 0 Å². The van der Waals surface area contributed by atoms with E-state index in [1.165, 1.54) is 18.2 Å². The first-order valence-corrected chi connectivity index (χ1v) is 7.69. The average Bonchev–Trinajstić information content (AvgIpc) is 3.06. The van der Waals surface area contributed by atoms with Crippen molar-refractivity contribution in [1.29, 1.82) is 0 Å². The third kappa shape index (κ3) is 2.87. The van der Waals surface area contributed by atoms with Crippen LogP contribution in [0, 0.1) is 5.82 Å². The van der Waals surface area contributed by atoms with Crippen LogP contribution in [0.15, 0.2) is 66.7 Å². The molecule has 0 radical (unpaired) electrons. The molecule has 122 valence electrons. The van der Waals surface area contributed by atoms with E-state index in [2.05, 4.69) is 9.97 Å². The van der Waals surface area contributed by atoms with E-state index in [9.17, 15) is 14.3 Å². The van der Waals surface area contributed by atoms with Crippen LogP contribution < -0.4 is 0 Å². The summed E-state index contributed by atoms with van der Waals surface area (Å²) in [5.41, 5.74) is 3.53. The van der Waals surface area contributed by atoms with Gasteiger partial charge in [0.1, 0.15) is 11.5 Å². The van der Waals surface area contributed by atoms with E-state index in [-0.39, 0.29) is 11.5 Å². The van der Waals surface area contributed by atoms with Crippen LogP contribution in [-0.4, -0.2) is 21.0 Å². The quantitative estimate of drug-likeness (QED) is 0.570. The molecule has 2 N–H and O–H groups in total. The maximum atomic E-state index is 13.2. The minimum Gasteiger partial charge on any atom is -0.477 e. The average molecular weight is 332 g/mol. The first-order chi connectivity index (χ1) is 12.1. The Kier molecular flexibility index (Phi) is 3.54. The van der Waals surface area contributed by atoms with Crippen molar-refractivity contribution in [1.82, 2.24) is 9.97 Å². The maximum Gasteiger partial charge on any atom is 0.354 e. The number of carbonyl (C=O) groups is 1. The molecule has 4 rings (SSSR count). The zero-order chi connectivity index (χ0) is 17.4. The molecule has 0 spiro atoms. The molecule has 0 atom stereocenters. The zero-order valence-electron chi connectivity index (χ0n) is 13.0. The Morgan fingerprint density at radius 3 is 2.44 bits per heavy atom. The Morgan fingerprint density at radius 1 is 0.960 bits per heavy atom. The molecule has 0 amide bonds. The first-order valence-electron chi connectivity index (χ1n) is 7.69. The summed E-state index contributed by atoms with van der Waals surface area (Å²) in [7, 11) is 0. The molecular formula is C20H13FN2O2. The molecule has 0 saturated carbocycles. The molecule has 0 aliphatic carbocycles. The fourth-order valence-corrected chi connectivity index (χ4v) is 2.80. The van der Waals surface area contributed by atoms with E-state index >= 15 is 0 Å². The predicted octanol–water partition coefficient (Wildman–Crippen LogP) is 4.73. The van der Waals surface area contributed by atoms with Crippen LogP contribution in [-0.2, 0) is 0 Å². The number of aromatic carboxylic acids is 1. The number of hydrogen-bond acceptors (Lipinski definition) is 2. The predicted molar refractivity (Wildman–Crippen MR) is 93.9 cm³/mol. The molecule has 0 aliphatic heterocycles. The minimum atomic E-state index is -1.11. The van der Waals surface area contributed by atoms with Gasteiger partial charge in [0.25, 0.3) is 0 Å². The monoisotopic (exact) mass is 332 g/mol. The lowest BCUT2D eigenvalue weighted by Crippen LogP contribution is -2.02. The van der Waals surface area contributed by atoms with E-state index in [1.807, 2.05) is 30.3 Å². The largest absolute Gasteiger partial charge is 0.477 e. The second-order valence-electron chi connectivity index (χ2n) is 5.71. The highest BCUT2D eigenvalue weighted by Crippen LogP contribution is 2.28. The summed E-state index contributed by atoms with van der Waals surface area (Å²) >= 11 is 0. The first kappa shape index (κ1) is 15.1. The highest BCUT2D eigenvalue weighted by molar-refractivity contribution is 5.90. The zero-order valence-corrected chi connectivity index (χ0v) is 13.0. The molecule has 0 unspecified atom stereocenters. The summed E-state index contributed by atoms with van der Waals surface area (Å²) in [4.78, 5) is 18.9. The highest BCUT2D eigenvalue weighted by atomic mass is 19.1. The third-order valence-corrected chi connectivity index (χ3v) is 4.03.